The number of benzene rings is 1. The Morgan fingerprint density at radius 3 is 2.78 bits per heavy atom. The van der Waals surface area contributed by atoms with Crippen LogP contribution < -0.4 is 10.1 Å². The second-order valence-electron chi connectivity index (χ2n) is 4.02. The lowest BCUT2D eigenvalue weighted by molar-refractivity contribution is -0.127. The summed E-state index contributed by atoms with van der Waals surface area (Å²) in [5, 5.41) is 12.0. The molecule has 1 aromatic carbocycles. The molecule has 0 aliphatic rings. The molecule has 0 aliphatic heterocycles. The summed E-state index contributed by atoms with van der Waals surface area (Å²) in [7, 11) is 0. The summed E-state index contributed by atoms with van der Waals surface area (Å²) in [5.41, 5.74) is 1.54. The van der Waals surface area contributed by atoms with Gasteiger partial charge >= 0.3 is 0 Å². The molecule has 1 amide bonds. The number of aryl methyl sites for hydroxylation is 1. The van der Waals surface area contributed by atoms with E-state index in [-0.39, 0.29) is 12.5 Å². The Hall–Kier alpha value is -1.07. The average Bonchev–Trinajstić information content (AvgIpc) is 2.32. The van der Waals surface area contributed by atoms with Crippen molar-refractivity contribution in [3.05, 3.63) is 27.7 Å². The number of likely N-dealkylation sites (N-methyl/N-ethyl adjacent to an activating group) is 1. The lowest BCUT2D eigenvalue weighted by Crippen LogP contribution is -2.36. The monoisotopic (exact) mass is 315 g/mol. The molecule has 1 aromatic rings. The van der Waals surface area contributed by atoms with Crippen LogP contribution in [0.4, 0.5) is 0 Å². The van der Waals surface area contributed by atoms with Crippen LogP contribution in [0.3, 0.4) is 0 Å². The van der Waals surface area contributed by atoms with Gasteiger partial charge in [0.25, 0.3) is 5.91 Å². The molecule has 0 heterocycles. The van der Waals surface area contributed by atoms with Crippen molar-refractivity contribution in [3.63, 3.8) is 0 Å². The lowest BCUT2D eigenvalue weighted by atomic mass is 10.1. The van der Waals surface area contributed by atoms with Crippen LogP contribution in [0.2, 0.25) is 0 Å². The van der Waals surface area contributed by atoms with Gasteiger partial charge in [-0.25, -0.2) is 0 Å². The van der Waals surface area contributed by atoms with Crippen LogP contribution in [0.1, 0.15) is 25.0 Å². The molecule has 1 atom stereocenters. The smallest absolute Gasteiger partial charge is 0.260 e. The van der Waals surface area contributed by atoms with Crippen molar-refractivity contribution in [2.75, 3.05) is 6.54 Å². The molecular formula is C13H18BrNO3. The van der Waals surface area contributed by atoms with E-state index in [1.54, 1.807) is 13.0 Å². The number of carbonyl (C=O) groups excluding carboxylic acids is 1. The first-order chi connectivity index (χ1) is 8.49. The Bertz CT molecular complexity index is 434. The van der Waals surface area contributed by atoms with Gasteiger partial charge in [-0.2, -0.15) is 0 Å². The van der Waals surface area contributed by atoms with Crippen LogP contribution >= 0.6 is 15.9 Å². The molecule has 0 saturated carbocycles. The van der Waals surface area contributed by atoms with E-state index in [0.29, 0.717) is 17.9 Å². The second-order valence-corrected chi connectivity index (χ2v) is 4.94. The van der Waals surface area contributed by atoms with Crippen LogP contribution in [0.15, 0.2) is 16.6 Å². The summed E-state index contributed by atoms with van der Waals surface area (Å²) in [6, 6.07) is 3.67. The number of hydrogen-bond donors (Lipinski definition) is 2. The molecular weight excluding hydrogens is 298 g/mol. The molecule has 4 nitrogen and oxygen atoms in total. The van der Waals surface area contributed by atoms with E-state index in [2.05, 4.69) is 21.2 Å². The zero-order chi connectivity index (χ0) is 13.7. The molecule has 100 valence electrons. The lowest BCUT2D eigenvalue weighted by Gasteiger charge is -2.18. The molecule has 2 N–H and O–H groups in total. The zero-order valence-electron chi connectivity index (χ0n) is 10.8. The van der Waals surface area contributed by atoms with Crippen LogP contribution in [0.5, 0.6) is 5.75 Å². The molecule has 1 rings (SSSR count). The van der Waals surface area contributed by atoms with Gasteiger partial charge in [-0.15, -0.1) is 0 Å². The highest BCUT2D eigenvalue weighted by atomic mass is 79.9. The molecule has 18 heavy (non-hydrogen) atoms. The number of ether oxygens (including phenoxy) is 1. The molecule has 5 heteroatoms. The number of aliphatic hydroxyl groups is 1. The van der Waals surface area contributed by atoms with Crippen LogP contribution in [0.25, 0.3) is 0 Å². The maximum Gasteiger partial charge on any atom is 0.260 e. The number of hydrogen-bond acceptors (Lipinski definition) is 3. The first-order valence-electron chi connectivity index (χ1n) is 5.83. The Morgan fingerprint density at radius 2 is 2.22 bits per heavy atom. The maximum atomic E-state index is 11.6. The SMILES string of the molecule is CCNC(=O)C(C)Oc1c(C)cc(Br)cc1CO. The zero-order valence-corrected chi connectivity index (χ0v) is 12.4. The van der Waals surface area contributed by atoms with Gasteiger partial charge in [-0.05, 0) is 38.5 Å². The van der Waals surface area contributed by atoms with Gasteiger partial charge in [0.1, 0.15) is 5.75 Å². The third-order valence-electron chi connectivity index (χ3n) is 2.50. The third-order valence-corrected chi connectivity index (χ3v) is 2.96. The largest absolute Gasteiger partial charge is 0.480 e. The fourth-order valence-electron chi connectivity index (χ4n) is 1.63. The number of aliphatic hydroxyl groups excluding tert-OH is 1. The van der Waals surface area contributed by atoms with Crippen LogP contribution in [-0.4, -0.2) is 23.7 Å². The Labute approximate surface area is 115 Å². The molecule has 0 fully saturated rings. The van der Waals surface area contributed by atoms with Crippen molar-refractivity contribution in [1.29, 1.82) is 0 Å². The summed E-state index contributed by atoms with van der Waals surface area (Å²) in [4.78, 5) is 11.6. The Kier molecular flexibility index (Phi) is 5.62. The highest BCUT2D eigenvalue weighted by Crippen LogP contribution is 2.29. The van der Waals surface area contributed by atoms with Gasteiger partial charge in [0.2, 0.25) is 0 Å². The number of amides is 1. The second kappa shape index (κ2) is 6.75. The maximum absolute atomic E-state index is 11.6. The fraction of sp³-hybridized carbons (Fsp3) is 0.462. The highest BCUT2D eigenvalue weighted by Gasteiger charge is 2.17. The van der Waals surface area contributed by atoms with Gasteiger partial charge in [0.05, 0.1) is 6.61 Å². The molecule has 0 bridgehead atoms. The first kappa shape index (κ1) is 15.0. The minimum atomic E-state index is -0.588. The summed E-state index contributed by atoms with van der Waals surface area (Å²) < 4.78 is 6.52. The number of carbonyl (C=O) groups is 1. The van der Waals surface area contributed by atoms with Gasteiger partial charge in [0, 0.05) is 16.6 Å². The third kappa shape index (κ3) is 3.71. The summed E-state index contributed by atoms with van der Waals surface area (Å²) in [5.74, 6) is 0.406. The minimum Gasteiger partial charge on any atom is -0.480 e. The molecule has 0 saturated heterocycles. The van der Waals surface area contributed by atoms with Gasteiger partial charge in [-0.1, -0.05) is 15.9 Å². The Morgan fingerprint density at radius 1 is 1.56 bits per heavy atom. The van der Waals surface area contributed by atoms with Crippen molar-refractivity contribution in [2.45, 2.75) is 33.5 Å². The predicted octanol–water partition coefficient (Wildman–Crippen LogP) is 2.15. The topological polar surface area (TPSA) is 58.6 Å². The van der Waals surface area contributed by atoms with Crippen molar-refractivity contribution in [1.82, 2.24) is 5.32 Å². The molecule has 0 aliphatic carbocycles. The highest BCUT2D eigenvalue weighted by molar-refractivity contribution is 9.10. The average molecular weight is 316 g/mol. The molecule has 0 spiro atoms. The Balaban J connectivity index is 2.93. The first-order valence-corrected chi connectivity index (χ1v) is 6.63. The minimum absolute atomic E-state index is 0.127. The van der Waals surface area contributed by atoms with Crippen molar-refractivity contribution >= 4 is 21.8 Å². The summed E-state index contributed by atoms with van der Waals surface area (Å²) >= 11 is 3.36. The van der Waals surface area contributed by atoms with E-state index in [9.17, 15) is 9.90 Å². The molecule has 1 unspecified atom stereocenters. The fourth-order valence-corrected chi connectivity index (χ4v) is 2.25. The normalized spacial score (nSPS) is 12.1. The number of halogens is 1. The van der Waals surface area contributed by atoms with E-state index in [0.717, 1.165) is 10.0 Å². The quantitative estimate of drug-likeness (QED) is 0.875. The predicted molar refractivity (Wildman–Crippen MR) is 73.6 cm³/mol. The summed E-state index contributed by atoms with van der Waals surface area (Å²) in [6.07, 6.45) is -0.588. The van der Waals surface area contributed by atoms with Crippen molar-refractivity contribution in [3.8, 4) is 5.75 Å². The van der Waals surface area contributed by atoms with Gasteiger partial charge in [-0.3, -0.25) is 4.79 Å². The van der Waals surface area contributed by atoms with E-state index >= 15 is 0 Å². The standard InChI is InChI=1S/C13H18BrNO3/c1-4-15-13(17)9(3)18-12-8(2)5-11(14)6-10(12)7-16/h5-6,9,16H,4,7H2,1-3H3,(H,15,17). The summed E-state index contributed by atoms with van der Waals surface area (Å²) in [6.45, 7) is 5.86. The van der Waals surface area contributed by atoms with E-state index in [1.807, 2.05) is 19.9 Å². The van der Waals surface area contributed by atoms with Crippen molar-refractivity contribution < 1.29 is 14.6 Å². The van der Waals surface area contributed by atoms with E-state index < -0.39 is 6.10 Å². The van der Waals surface area contributed by atoms with Gasteiger partial charge < -0.3 is 15.2 Å². The van der Waals surface area contributed by atoms with E-state index in [4.69, 9.17) is 4.74 Å². The molecule has 0 radical (unpaired) electrons. The van der Waals surface area contributed by atoms with Crippen LogP contribution in [0, 0.1) is 6.92 Å². The van der Waals surface area contributed by atoms with Crippen molar-refractivity contribution in [2.24, 2.45) is 0 Å². The van der Waals surface area contributed by atoms with Crippen LogP contribution in [-0.2, 0) is 11.4 Å². The number of rotatable bonds is 5. The van der Waals surface area contributed by atoms with Gasteiger partial charge in [0.15, 0.2) is 6.10 Å². The van der Waals surface area contributed by atoms with E-state index in [1.165, 1.54) is 0 Å². The molecule has 0 aromatic heterocycles. The number of nitrogens with one attached hydrogen (secondary N) is 1.